The van der Waals surface area contributed by atoms with Crippen LogP contribution in [0.3, 0.4) is 0 Å². The molecule has 0 heterocycles. The van der Waals surface area contributed by atoms with Gasteiger partial charge in [0.25, 0.3) is 0 Å². The minimum absolute atomic E-state index is 0.201. The number of allylic oxidation sites excluding steroid dienone is 1. The maximum atomic E-state index is 6.31. The summed E-state index contributed by atoms with van der Waals surface area (Å²) in [5.41, 5.74) is 7.14. The van der Waals surface area contributed by atoms with Gasteiger partial charge in [-0.1, -0.05) is 36.4 Å². The van der Waals surface area contributed by atoms with Gasteiger partial charge >= 0.3 is 0 Å². The van der Waals surface area contributed by atoms with Crippen LogP contribution in [-0.4, -0.2) is 12.6 Å². The average molecular weight is 215 g/mol. The summed E-state index contributed by atoms with van der Waals surface area (Å²) in [6.45, 7) is 2.02. The van der Waals surface area contributed by atoms with Crippen molar-refractivity contribution < 1.29 is 4.74 Å². The first kappa shape index (κ1) is 11.0. The van der Waals surface area contributed by atoms with E-state index in [2.05, 4.69) is 18.2 Å². The fourth-order valence-electron chi connectivity index (χ4n) is 2.10. The first-order chi connectivity index (χ1) is 7.63. The molecule has 1 aromatic carbocycles. The fourth-order valence-corrected chi connectivity index (χ4v) is 2.10. The van der Waals surface area contributed by atoms with E-state index in [1.807, 2.05) is 37.3 Å². The molecule has 1 aromatic rings. The van der Waals surface area contributed by atoms with Crippen LogP contribution >= 0.6 is 0 Å². The van der Waals surface area contributed by atoms with Gasteiger partial charge in [0.15, 0.2) is 0 Å². The SMILES string of the molecule is COC1=CC(C)(N)C(c2ccccc2)C=C1. The maximum absolute atomic E-state index is 6.31. The van der Waals surface area contributed by atoms with Crippen molar-refractivity contribution in [3.05, 3.63) is 59.9 Å². The Kier molecular flexibility index (Phi) is 2.84. The Morgan fingerprint density at radius 3 is 2.50 bits per heavy atom. The molecule has 0 aliphatic heterocycles. The molecule has 2 nitrogen and oxygen atoms in total. The van der Waals surface area contributed by atoms with Crippen LogP contribution in [0.15, 0.2) is 54.3 Å². The second kappa shape index (κ2) is 4.14. The van der Waals surface area contributed by atoms with Crippen molar-refractivity contribution in [3.63, 3.8) is 0 Å². The van der Waals surface area contributed by atoms with Gasteiger partial charge in [0.2, 0.25) is 0 Å². The maximum Gasteiger partial charge on any atom is 0.116 e. The molecule has 1 aliphatic carbocycles. The molecule has 0 spiro atoms. The Bertz CT molecular complexity index is 418. The highest BCUT2D eigenvalue weighted by molar-refractivity contribution is 5.38. The molecular formula is C14H17NO. The highest BCUT2D eigenvalue weighted by atomic mass is 16.5. The summed E-state index contributed by atoms with van der Waals surface area (Å²) in [6, 6.07) is 10.3. The zero-order chi connectivity index (χ0) is 11.6. The predicted octanol–water partition coefficient (Wildman–Crippen LogP) is 2.59. The van der Waals surface area contributed by atoms with E-state index in [4.69, 9.17) is 10.5 Å². The van der Waals surface area contributed by atoms with E-state index in [-0.39, 0.29) is 5.92 Å². The normalized spacial score (nSPS) is 28.7. The summed E-state index contributed by atoms with van der Waals surface area (Å²) in [5, 5.41) is 0. The van der Waals surface area contributed by atoms with E-state index in [0.29, 0.717) is 0 Å². The third kappa shape index (κ3) is 2.02. The highest BCUT2D eigenvalue weighted by Crippen LogP contribution is 2.33. The predicted molar refractivity (Wildman–Crippen MR) is 66.0 cm³/mol. The molecule has 0 aromatic heterocycles. The minimum atomic E-state index is -0.401. The van der Waals surface area contributed by atoms with Crippen LogP contribution in [0.1, 0.15) is 18.4 Å². The van der Waals surface area contributed by atoms with Gasteiger partial charge in [-0.05, 0) is 24.6 Å². The van der Waals surface area contributed by atoms with Crippen LogP contribution in [-0.2, 0) is 4.74 Å². The summed E-state index contributed by atoms with van der Waals surface area (Å²) in [6.07, 6.45) is 6.06. The second-order valence-corrected chi connectivity index (χ2v) is 4.36. The van der Waals surface area contributed by atoms with Gasteiger partial charge in [0, 0.05) is 11.5 Å². The quantitative estimate of drug-likeness (QED) is 0.823. The van der Waals surface area contributed by atoms with Gasteiger partial charge < -0.3 is 10.5 Å². The molecule has 1 aliphatic rings. The van der Waals surface area contributed by atoms with E-state index < -0.39 is 5.54 Å². The summed E-state index contributed by atoms with van der Waals surface area (Å²) in [5.74, 6) is 1.03. The van der Waals surface area contributed by atoms with Crippen molar-refractivity contribution in [3.8, 4) is 0 Å². The number of methoxy groups -OCH3 is 1. The number of hydrogen-bond donors (Lipinski definition) is 1. The van der Waals surface area contributed by atoms with Crippen molar-refractivity contribution in [2.75, 3.05) is 7.11 Å². The fraction of sp³-hybridized carbons (Fsp3) is 0.286. The summed E-state index contributed by atoms with van der Waals surface area (Å²) in [4.78, 5) is 0. The third-order valence-electron chi connectivity index (χ3n) is 2.97. The molecule has 2 heteroatoms. The molecule has 16 heavy (non-hydrogen) atoms. The zero-order valence-electron chi connectivity index (χ0n) is 9.68. The number of ether oxygens (including phenoxy) is 1. The van der Waals surface area contributed by atoms with Gasteiger partial charge in [-0.25, -0.2) is 0 Å². The molecule has 0 bridgehead atoms. The molecule has 2 N–H and O–H groups in total. The van der Waals surface area contributed by atoms with Crippen molar-refractivity contribution in [1.82, 2.24) is 0 Å². The topological polar surface area (TPSA) is 35.2 Å². The molecule has 0 saturated carbocycles. The molecule has 0 radical (unpaired) electrons. The largest absolute Gasteiger partial charge is 0.497 e. The molecule has 84 valence electrons. The van der Waals surface area contributed by atoms with Crippen molar-refractivity contribution >= 4 is 0 Å². The molecule has 2 rings (SSSR count). The van der Waals surface area contributed by atoms with Crippen molar-refractivity contribution in [1.29, 1.82) is 0 Å². The van der Waals surface area contributed by atoms with Crippen LogP contribution in [0.2, 0.25) is 0 Å². The van der Waals surface area contributed by atoms with Crippen LogP contribution < -0.4 is 5.73 Å². The van der Waals surface area contributed by atoms with E-state index >= 15 is 0 Å². The number of hydrogen-bond acceptors (Lipinski definition) is 2. The lowest BCUT2D eigenvalue weighted by molar-refractivity contribution is 0.295. The average Bonchev–Trinajstić information content (AvgIpc) is 2.28. The smallest absolute Gasteiger partial charge is 0.116 e. The molecule has 0 fully saturated rings. The molecule has 2 atom stereocenters. The lowest BCUT2D eigenvalue weighted by atomic mass is 9.78. The van der Waals surface area contributed by atoms with E-state index in [1.54, 1.807) is 7.11 Å². The van der Waals surface area contributed by atoms with Crippen molar-refractivity contribution in [2.24, 2.45) is 5.73 Å². The first-order valence-electron chi connectivity index (χ1n) is 5.42. The summed E-state index contributed by atoms with van der Waals surface area (Å²) in [7, 11) is 1.66. The van der Waals surface area contributed by atoms with Gasteiger partial charge in [-0.3, -0.25) is 0 Å². The Hall–Kier alpha value is -1.54. The van der Waals surface area contributed by atoms with E-state index in [1.165, 1.54) is 5.56 Å². The minimum Gasteiger partial charge on any atom is -0.497 e. The Balaban J connectivity index is 2.33. The first-order valence-corrected chi connectivity index (χ1v) is 5.42. The van der Waals surface area contributed by atoms with Gasteiger partial charge in [0.1, 0.15) is 5.76 Å². The van der Waals surface area contributed by atoms with Crippen LogP contribution in [0.4, 0.5) is 0 Å². The molecule has 0 saturated heterocycles. The van der Waals surface area contributed by atoms with Gasteiger partial charge in [0.05, 0.1) is 7.11 Å². The number of benzene rings is 1. The molecule has 2 unspecified atom stereocenters. The lowest BCUT2D eigenvalue weighted by Crippen LogP contribution is -2.41. The number of nitrogens with two attached hydrogens (primary N) is 1. The highest BCUT2D eigenvalue weighted by Gasteiger charge is 2.30. The van der Waals surface area contributed by atoms with Crippen LogP contribution in [0.25, 0.3) is 0 Å². The van der Waals surface area contributed by atoms with Gasteiger partial charge in [-0.2, -0.15) is 0 Å². The standard InChI is InChI=1S/C14H17NO/c1-14(15)10-12(16-2)8-9-13(14)11-6-4-3-5-7-11/h3-10,13H,15H2,1-2H3. The monoisotopic (exact) mass is 215 g/mol. The third-order valence-corrected chi connectivity index (χ3v) is 2.97. The number of rotatable bonds is 2. The Labute approximate surface area is 96.4 Å². The van der Waals surface area contributed by atoms with E-state index in [0.717, 1.165) is 5.76 Å². The van der Waals surface area contributed by atoms with Crippen molar-refractivity contribution in [2.45, 2.75) is 18.4 Å². The zero-order valence-corrected chi connectivity index (χ0v) is 9.68. The Morgan fingerprint density at radius 1 is 1.25 bits per heavy atom. The summed E-state index contributed by atoms with van der Waals surface area (Å²) >= 11 is 0. The van der Waals surface area contributed by atoms with Gasteiger partial charge in [-0.15, -0.1) is 0 Å². The van der Waals surface area contributed by atoms with E-state index in [9.17, 15) is 0 Å². The van der Waals surface area contributed by atoms with Crippen LogP contribution in [0, 0.1) is 0 Å². The summed E-state index contributed by atoms with van der Waals surface area (Å²) < 4.78 is 5.21. The Morgan fingerprint density at radius 2 is 1.94 bits per heavy atom. The molecule has 0 amide bonds. The van der Waals surface area contributed by atoms with Crippen LogP contribution in [0.5, 0.6) is 0 Å². The second-order valence-electron chi connectivity index (χ2n) is 4.36. The molecular weight excluding hydrogens is 198 g/mol. The lowest BCUT2D eigenvalue weighted by Gasteiger charge is -2.32.